The van der Waals surface area contributed by atoms with E-state index in [2.05, 4.69) is 6.07 Å². The van der Waals surface area contributed by atoms with E-state index in [9.17, 15) is 0 Å². The second kappa shape index (κ2) is 14.4. The maximum absolute atomic E-state index is 9.02. The molecular weight excluding hydrogens is 230 g/mol. The van der Waals surface area contributed by atoms with Crippen molar-refractivity contribution in [3.8, 4) is 6.07 Å². The highest BCUT2D eigenvalue weighted by atomic mass is 16.5. The molecule has 106 valence electrons. The van der Waals surface area contributed by atoms with Crippen molar-refractivity contribution in [1.82, 2.24) is 0 Å². The first-order valence-corrected chi connectivity index (χ1v) is 7.05. The molecule has 0 rings (SSSR count). The van der Waals surface area contributed by atoms with Crippen LogP contribution in [0.3, 0.4) is 0 Å². The Hall–Kier alpha value is -0.630. The lowest BCUT2D eigenvalue weighted by molar-refractivity contribution is 0.00526. The van der Waals surface area contributed by atoms with Crippen LogP contribution in [0.4, 0.5) is 0 Å². The van der Waals surface area contributed by atoms with Gasteiger partial charge in [0.1, 0.15) is 6.10 Å². The second-order valence-corrected chi connectivity index (χ2v) is 4.65. The Kier molecular flexibility index (Phi) is 13.9. The first kappa shape index (κ1) is 17.4. The zero-order chi connectivity index (χ0) is 13.5. The number of hydrogen-bond acceptors (Lipinski definition) is 4. The van der Waals surface area contributed by atoms with Crippen molar-refractivity contribution in [2.24, 2.45) is 0 Å². The number of ether oxygens (including phenoxy) is 1. The van der Waals surface area contributed by atoms with Gasteiger partial charge in [0, 0.05) is 13.0 Å². The van der Waals surface area contributed by atoms with Crippen molar-refractivity contribution in [3.63, 3.8) is 0 Å². The van der Waals surface area contributed by atoms with Gasteiger partial charge in [0.25, 0.3) is 0 Å². The summed E-state index contributed by atoms with van der Waals surface area (Å²) in [5.74, 6) is 0. The summed E-state index contributed by atoms with van der Waals surface area (Å²) in [7, 11) is 0. The Morgan fingerprint density at radius 3 is 2.06 bits per heavy atom. The van der Waals surface area contributed by atoms with Crippen LogP contribution in [0.5, 0.6) is 0 Å². The van der Waals surface area contributed by atoms with Crippen LogP contribution in [-0.4, -0.2) is 36.1 Å². The molecule has 0 aromatic carbocycles. The molecule has 0 heterocycles. The summed E-state index contributed by atoms with van der Waals surface area (Å²) >= 11 is 0. The van der Waals surface area contributed by atoms with Crippen LogP contribution in [0, 0.1) is 11.3 Å². The molecule has 0 amide bonds. The third kappa shape index (κ3) is 13.4. The first-order chi connectivity index (χ1) is 8.81. The van der Waals surface area contributed by atoms with E-state index in [1.54, 1.807) is 0 Å². The highest BCUT2D eigenvalue weighted by molar-refractivity contribution is 4.67. The normalized spacial score (nSPS) is 12.3. The third-order valence-corrected chi connectivity index (χ3v) is 2.85. The van der Waals surface area contributed by atoms with Gasteiger partial charge in [-0.2, -0.15) is 5.26 Å². The van der Waals surface area contributed by atoms with Gasteiger partial charge in [0.2, 0.25) is 0 Å². The van der Waals surface area contributed by atoms with Crippen LogP contribution in [0.25, 0.3) is 0 Å². The fourth-order valence-corrected chi connectivity index (χ4v) is 1.74. The van der Waals surface area contributed by atoms with E-state index in [-0.39, 0.29) is 13.2 Å². The summed E-state index contributed by atoms with van der Waals surface area (Å²) in [6.07, 6.45) is 9.33. The summed E-state index contributed by atoms with van der Waals surface area (Å²) < 4.78 is 5.22. The number of aliphatic hydroxyl groups is 2. The molecule has 0 radical (unpaired) electrons. The summed E-state index contributed by atoms with van der Waals surface area (Å²) in [5, 5.41) is 26.0. The van der Waals surface area contributed by atoms with Crippen LogP contribution in [0.1, 0.15) is 57.8 Å². The zero-order valence-electron chi connectivity index (χ0n) is 11.3. The fraction of sp³-hybridized carbons (Fsp3) is 0.929. The van der Waals surface area contributed by atoms with E-state index in [0.29, 0.717) is 13.0 Å². The average molecular weight is 257 g/mol. The van der Waals surface area contributed by atoms with Crippen LogP contribution in [0.2, 0.25) is 0 Å². The molecule has 4 heteroatoms. The van der Waals surface area contributed by atoms with Crippen molar-refractivity contribution < 1.29 is 14.9 Å². The van der Waals surface area contributed by atoms with Gasteiger partial charge in [0.05, 0.1) is 19.3 Å². The quantitative estimate of drug-likeness (QED) is 0.497. The van der Waals surface area contributed by atoms with Gasteiger partial charge in [-0.3, -0.25) is 0 Å². The first-order valence-electron chi connectivity index (χ1n) is 7.05. The number of rotatable bonds is 13. The minimum Gasteiger partial charge on any atom is -0.394 e. The number of unbranched alkanes of at least 4 members (excludes halogenated alkanes) is 8. The van der Waals surface area contributed by atoms with Gasteiger partial charge in [-0.15, -0.1) is 0 Å². The Labute approximate surface area is 111 Å². The topological polar surface area (TPSA) is 73.5 Å². The number of hydrogen-bond donors (Lipinski definition) is 2. The van der Waals surface area contributed by atoms with Gasteiger partial charge >= 0.3 is 0 Å². The summed E-state index contributed by atoms with van der Waals surface area (Å²) in [5.41, 5.74) is 0. The van der Waals surface area contributed by atoms with Crippen LogP contribution in [-0.2, 0) is 4.74 Å². The van der Waals surface area contributed by atoms with E-state index in [1.807, 2.05) is 0 Å². The largest absolute Gasteiger partial charge is 0.394 e. The molecular formula is C14H27NO3. The van der Waals surface area contributed by atoms with Crippen molar-refractivity contribution in [2.45, 2.75) is 63.9 Å². The Balaban J connectivity index is 2.97. The van der Waals surface area contributed by atoms with Crippen molar-refractivity contribution >= 4 is 0 Å². The lowest BCUT2D eigenvalue weighted by Gasteiger charge is -2.07. The second-order valence-electron chi connectivity index (χ2n) is 4.65. The molecule has 0 aromatic rings. The molecule has 0 spiro atoms. The summed E-state index contributed by atoms with van der Waals surface area (Å²) in [6.45, 7) is 0.667. The molecule has 0 aliphatic carbocycles. The van der Waals surface area contributed by atoms with Crippen molar-refractivity contribution in [1.29, 1.82) is 5.26 Å². The number of nitriles is 1. The molecule has 2 N–H and O–H groups in total. The van der Waals surface area contributed by atoms with Gasteiger partial charge in [-0.1, -0.05) is 38.5 Å². The van der Waals surface area contributed by atoms with Crippen LogP contribution in [0.15, 0.2) is 0 Å². The van der Waals surface area contributed by atoms with E-state index < -0.39 is 6.10 Å². The average Bonchev–Trinajstić information content (AvgIpc) is 2.39. The number of nitrogens with zero attached hydrogens (tertiary/aromatic N) is 1. The number of aliphatic hydroxyl groups excluding tert-OH is 2. The maximum atomic E-state index is 9.02. The van der Waals surface area contributed by atoms with E-state index in [1.165, 1.54) is 32.1 Å². The highest BCUT2D eigenvalue weighted by Crippen LogP contribution is 2.09. The predicted molar refractivity (Wildman–Crippen MR) is 71.1 cm³/mol. The standard InChI is InChI=1S/C14H27NO3/c15-10-8-6-4-2-1-3-5-7-9-11-18-13-14(17)12-16/h14,16-17H,1-9,11-13H2. The molecule has 1 unspecified atom stereocenters. The smallest absolute Gasteiger partial charge is 0.100 e. The highest BCUT2D eigenvalue weighted by Gasteiger charge is 2.00. The van der Waals surface area contributed by atoms with E-state index in [0.717, 1.165) is 19.3 Å². The maximum Gasteiger partial charge on any atom is 0.100 e. The van der Waals surface area contributed by atoms with Gasteiger partial charge in [0.15, 0.2) is 0 Å². The fourth-order valence-electron chi connectivity index (χ4n) is 1.74. The SMILES string of the molecule is N#CCCCCCCCCCCOCC(O)CO. The predicted octanol–water partition coefficient (Wildman–Crippen LogP) is 2.39. The van der Waals surface area contributed by atoms with Gasteiger partial charge in [-0.05, 0) is 12.8 Å². The lowest BCUT2D eigenvalue weighted by atomic mass is 10.1. The molecule has 0 aliphatic heterocycles. The minimum atomic E-state index is -0.738. The molecule has 0 saturated heterocycles. The molecule has 18 heavy (non-hydrogen) atoms. The summed E-state index contributed by atoms with van der Waals surface area (Å²) in [4.78, 5) is 0. The van der Waals surface area contributed by atoms with Crippen molar-refractivity contribution in [2.75, 3.05) is 19.8 Å². The molecule has 0 saturated carbocycles. The molecule has 0 bridgehead atoms. The molecule has 1 atom stereocenters. The molecule has 0 aliphatic rings. The minimum absolute atomic E-state index is 0.230. The van der Waals surface area contributed by atoms with Crippen LogP contribution < -0.4 is 0 Å². The Bertz CT molecular complexity index is 204. The lowest BCUT2D eigenvalue weighted by Crippen LogP contribution is -2.19. The third-order valence-electron chi connectivity index (χ3n) is 2.85. The summed E-state index contributed by atoms with van der Waals surface area (Å²) in [6, 6.07) is 2.16. The monoisotopic (exact) mass is 257 g/mol. The molecule has 0 fully saturated rings. The van der Waals surface area contributed by atoms with E-state index >= 15 is 0 Å². The van der Waals surface area contributed by atoms with Crippen LogP contribution >= 0.6 is 0 Å². The van der Waals surface area contributed by atoms with Gasteiger partial charge < -0.3 is 14.9 Å². The Morgan fingerprint density at radius 2 is 1.50 bits per heavy atom. The molecule has 4 nitrogen and oxygen atoms in total. The Morgan fingerprint density at radius 1 is 0.944 bits per heavy atom. The zero-order valence-corrected chi connectivity index (χ0v) is 11.3. The van der Waals surface area contributed by atoms with Crippen molar-refractivity contribution in [3.05, 3.63) is 0 Å². The van der Waals surface area contributed by atoms with Gasteiger partial charge in [-0.25, -0.2) is 0 Å². The van der Waals surface area contributed by atoms with E-state index in [4.69, 9.17) is 20.2 Å². The molecule has 0 aromatic heterocycles.